The van der Waals surface area contributed by atoms with Crippen LogP contribution >= 0.6 is 31.9 Å². The van der Waals surface area contributed by atoms with Gasteiger partial charge in [0.15, 0.2) is 0 Å². The Bertz CT molecular complexity index is 432. The summed E-state index contributed by atoms with van der Waals surface area (Å²) in [5.41, 5.74) is -0.776. The van der Waals surface area contributed by atoms with Gasteiger partial charge in [0.05, 0.1) is 27.6 Å². The number of nitro benzene ring substituents is 2. The van der Waals surface area contributed by atoms with Crippen LogP contribution in [0.15, 0.2) is 18.2 Å². The van der Waals surface area contributed by atoms with E-state index in [1.165, 1.54) is 6.07 Å². The number of rotatable bonds is 4. The van der Waals surface area contributed by atoms with Gasteiger partial charge < -0.3 is 4.18 Å². The summed E-state index contributed by atoms with van der Waals surface area (Å²) in [6.45, 7) is 0. The molecule has 0 aliphatic heterocycles. The number of benzene rings is 1. The molecule has 0 fully saturated rings. The van der Waals surface area contributed by atoms with Crippen molar-refractivity contribution < 1.29 is 14.0 Å². The Hall–Kier alpha value is -1.05. The van der Waals surface area contributed by atoms with E-state index in [0.29, 0.717) is 0 Å². The molecule has 1 unspecified atom stereocenters. The Labute approximate surface area is 114 Å². The van der Waals surface area contributed by atoms with E-state index in [-0.39, 0.29) is 11.4 Å². The monoisotopic (exact) mass is 310 g/mol. The summed E-state index contributed by atoms with van der Waals surface area (Å²) in [5, 5.41) is 20.9. The average molecular weight is 310 g/mol. The number of non-ortho nitro benzene ring substituents is 1. The highest BCUT2D eigenvalue weighted by Gasteiger charge is 2.20. The molecule has 18 heavy (non-hydrogen) atoms. The SMILES string of the molecule is CSC.O=[N+]([O-])c1ccc(OSP)c([N+](=O)[O-])c1. The molecule has 0 bridgehead atoms. The Kier molecular flexibility index (Phi) is 8.43. The lowest BCUT2D eigenvalue weighted by Crippen LogP contribution is -1.94. The highest BCUT2D eigenvalue weighted by molar-refractivity contribution is 8.41. The molecule has 0 aliphatic rings. The first kappa shape index (κ1) is 16.9. The minimum Gasteiger partial charge on any atom is -0.415 e. The van der Waals surface area contributed by atoms with Crippen molar-refractivity contribution in [1.82, 2.24) is 0 Å². The molecule has 10 heteroatoms. The van der Waals surface area contributed by atoms with Crippen LogP contribution in [0.1, 0.15) is 0 Å². The molecule has 1 aromatic rings. The number of nitro groups is 2. The van der Waals surface area contributed by atoms with Crippen molar-refractivity contribution >= 4 is 43.2 Å². The molecule has 0 amide bonds. The third-order valence-corrected chi connectivity index (χ3v) is 2.05. The number of hydrogen-bond donors (Lipinski definition) is 0. The zero-order valence-electron chi connectivity index (χ0n) is 9.56. The molecule has 1 aromatic carbocycles. The zero-order valence-corrected chi connectivity index (χ0v) is 12.3. The van der Waals surface area contributed by atoms with Gasteiger partial charge in [-0.15, -0.1) is 0 Å². The van der Waals surface area contributed by atoms with Crippen LogP contribution in [0, 0.1) is 20.2 Å². The Morgan fingerprint density at radius 3 is 2.17 bits per heavy atom. The molecule has 0 aromatic heterocycles. The maximum absolute atomic E-state index is 10.6. The average Bonchev–Trinajstić information content (AvgIpc) is 2.30. The normalized spacial score (nSPS) is 9.06. The molecular weight excluding hydrogens is 299 g/mol. The Balaban J connectivity index is 0.000000873. The first-order chi connectivity index (χ1) is 8.47. The van der Waals surface area contributed by atoms with Crippen LogP contribution in [0.3, 0.4) is 0 Å². The first-order valence-corrected chi connectivity index (χ1v) is 8.19. The fraction of sp³-hybridized carbons (Fsp3) is 0.250. The molecule has 1 rings (SSSR count). The highest BCUT2D eigenvalue weighted by Crippen LogP contribution is 2.34. The predicted molar refractivity (Wildman–Crippen MR) is 77.1 cm³/mol. The highest BCUT2D eigenvalue weighted by atomic mass is 32.7. The molecule has 0 saturated heterocycles. The lowest BCUT2D eigenvalue weighted by molar-refractivity contribution is -0.394. The third kappa shape index (κ3) is 5.52. The van der Waals surface area contributed by atoms with E-state index < -0.39 is 15.5 Å². The van der Waals surface area contributed by atoms with Crippen LogP contribution in [0.25, 0.3) is 0 Å². The van der Waals surface area contributed by atoms with E-state index in [2.05, 4.69) is 8.44 Å². The van der Waals surface area contributed by atoms with E-state index in [1.807, 2.05) is 12.5 Å². The van der Waals surface area contributed by atoms with Crippen LogP contribution in [-0.4, -0.2) is 22.4 Å². The van der Waals surface area contributed by atoms with Crippen molar-refractivity contribution in [2.24, 2.45) is 0 Å². The topological polar surface area (TPSA) is 95.5 Å². The minimum atomic E-state index is -0.733. The van der Waals surface area contributed by atoms with Crippen LogP contribution in [0.4, 0.5) is 11.4 Å². The number of hydrogen-bond acceptors (Lipinski definition) is 7. The smallest absolute Gasteiger partial charge is 0.319 e. The van der Waals surface area contributed by atoms with Crippen LogP contribution in [-0.2, 0) is 0 Å². The van der Waals surface area contributed by atoms with Gasteiger partial charge in [-0.3, -0.25) is 20.2 Å². The molecular formula is C8H11N2O5PS2. The second-order valence-electron chi connectivity index (χ2n) is 2.75. The molecule has 0 heterocycles. The molecule has 7 nitrogen and oxygen atoms in total. The second-order valence-corrected chi connectivity index (χ2v) is 4.51. The first-order valence-electron chi connectivity index (χ1n) is 4.34. The van der Waals surface area contributed by atoms with Gasteiger partial charge in [0.1, 0.15) is 0 Å². The largest absolute Gasteiger partial charge is 0.415 e. The van der Waals surface area contributed by atoms with E-state index >= 15 is 0 Å². The second kappa shape index (κ2) is 8.96. The van der Waals surface area contributed by atoms with Gasteiger partial charge in [0, 0.05) is 6.07 Å². The molecule has 1 atom stereocenters. The van der Waals surface area contributed by atoms with Gasteiger partial charge in [0.25, 0.3) is 5.69 Å². The predicted octanol–water partition coefficient (Wildman–Crippen LogP) is 3.30. The summed E-state index contributed by atoms with van der Waals surface area (Å²) in [4.78, 5) is 19.5. The maximum atomic E-state index is 10.6. The quantitative estimate of drug-likeness (QED) is 0.364. The number of thioether (sulfide) groups is 1. The van der Waals surface area contributed by atoms with Gasteiger partial charge in [-0.2, -0.15) is 11.8 Å². The fourth-order valence-corrected chi connectivity index (χ4v) is 1.44. The zero-order chi connectivity index (χ0) is 14.1. The summed E-state index contributed by atoms with van der Waals surface area (Å²) in [7, 11) is 2.15. The summed E-state index contributed by atoms with van der Waals surface area (Å²) >= 11 is 2.59. The van der Waals surface area contributed by atoms with Gasteiger partial charge in [-0.05, 0) is 27.0 Å². The van der Waals surface area contributed by atoms with Crippen LogP contribution in [0.2, 0.25) is 0 Å². The fourth-order valence-electron chi connectivity index (χ4n) is 0.884. The maximum Gasteiger partial charge on any atom is 0.319 e. The summed E-state index contributed by atoms with van der Waals surface area (Å²) in [6, 6.07) is 3.19. The van der Waals surface area contributed by atoms with Gasteiger partial charge in [-0.1, -0.05) is 0 Å². The van der Waals surface area contributed by atoms with Crippen molar-refractivity contribution in [1.29, 1.82) is 0 Å². The van der Waals surface area contributed by atoms with Crippen molar-refractivity contribution in [3.05, 3.63) is 38.4 Å². The van der Waals surface area contributed by atoms with Crippen molar-refractivity contribution in [3.8, 4) is 5.75 Å². The van der Waals surface area contributed by atoms with Crippen molar-refractivity contribution in [2.45, 2.75) is 0 Å². The standard InChI is InChI=1S/C6H5N2O5PS.C2H6S/c9-7(10)4-1-2-6(13-15-14)5(3-4)8(11)12;1-3-2/h1-3H,14H2;1-2H3. The van der Waals surface area contributed by atoms with Crippen LogP contribution < -0.4 is 4.18 Å². The number of nitrogens with zero attached hydrogens (tertiary/aromatic N) is 2. The molecule has 0 spiro atoms. The summed E-state index contributed by atoms with van der Waals surface area (Å²) < 4.78 is 4.85. The summed E-state index contributed by atoms with van der Waals surface area (Å²) in [6.07, 6.45) is 4.08. The van der Waals surface area contributed by atoms with Gasteiger partial charge >= 0.3 is 5.69 Å². The lowest BCUT2D eigenvalue weighted by atomic mass is 10.2. The molecule has 0 N–H and O–H groups in total. The molecule has 0 radical (unpaired) electrons. The molecule has 0 aliphatic carbocycles. The van der Waals surface area contributed by atoms with Crippen molar-refractivity contribution in [3.63, 3.8) is 0 Å². The Morgan fingerprint density at radius 1 is 1.22 bits per heavy atom. The minimum absolute atomic E-state index is 0.0226. The third-order valence-electron chi connectivity index (χ3n) is 1.49. The summed E-state index contributed by atoms with van der Waals surface area (Å²) in [5.74, 6) is -0.0226. The van der Waals surface area contributed by atoms with E-state index in [4.69, 9.17) is 4.18 Å². The van der Waals surface area contributed by atoms with Gasteiger partial charge in [-0.25, -0.2) is 0 Å². The van der Waals surface area contributed by atoms with Crippen LogP contribution in [0.5, 0.6) is 5.75 Å². The molecule has 100 valence electrons. The molecule has 0 saturated carbocycles. The van der Waals surface area contributed by atoms with E-state index in [9.17, 15) is 20.2 Å². The lowest BCUT2D eigenvalue weighted by Gasteiger charge is -2.01. The van der Waals surface area contributed by atoms with E-state index in [1.54, 1.807) is 11.8 Å². The van der Waals surface area contributed by atoms with Crippen molar-refractivity contribution in [2.75, 3.05) is 12.5 Å². The Morgan fingerprint density at radius 2 is 1.78 bits per heavy atom. The van der Waals surface area contributed by atoms with E-state index in [0.717, 1.165) is 23.8 Å². The van der Waals surface area contributed by atoms with Gasteiger partial charge in [0.2, 0.25) is 5.75 Å².